The van der Waals surface area contributed by atoms with Gasteiger partial charge in [-0.25, -0.2) is 9.79 Å². The van der Waals surface area contributed by atoms with E-state index in [0.717, 1.165) is 5.56 Å². The average molecular weight is 397 g/mol. The Kier molecular flexibility index (Phi) is 6.39. The van der Waals surface area contributed by atoms with Crippen LogP contribution >= 0.6 is 0 Å². The molecule has 0 saturated carbocycles. The van der Waals surface area contributed by atoms with Crippen molar-refractivity contribution in [3.05, 3.63) is 53.2 Å². The molecule has 7 heteroatoms. The molecule has 0 fully saturated rings. The van der Waals surface area contributed by atoms with E-state index in [4.69, 9.17) is 23.7 Å². The molecule has 2 aromatic rings. The van der Waals surface area contributed by atoms with E-state index in [-0.39, 0.29) is 11.6 Å². The minimum Gasteiger partial charge on any atom is -0.493 e. The van der Waals surface area contributed by atoms with Crippen LogP contribution in [0.2, 0.25) is 0 Å². The Labute approximate surface area is 169 Å². The number of carbonyl (C=O) groups excluding carboxylic acids is 1. The molecule has 0 atom stereocenters. The summed E-state index contributed by atoms with van der Waals surface area (Å²) < 4.78 is 27.1. The quantitative estimate of drug-likeness (QED) is 0.498. The van der Waals surface area contributed by atoms with E-state index in [9.17, 15) is 4.79 Å². The van der Waals surface area contributed by atoms with E-state index in [2.05, 4.69) is 4.99 Å². The van der Waals surface area contributed by atoms with Crippen LogP contribution in [0.1, 0.15) is 25.0 Å². The van der Waals surface area contributed by atoms with Gasteiger partial charge in [-0.1, -0.05) is 6.07 Å². The zero-order valence-electron chi connectivity index (χ0n) is 16.9. The van der Waals surface area contributed by atoms with E-state index in [0.29, 0.717) is 41.8 Å². The molecule has 0 spiro atoms. The van der Waals surface area contributed by atoms with Gasteiger partial charge in [-0.2, -0.15) is 0 Å². The van der Waals surface area contributed by atoms with E-state index in [1.165, 1.54) is 0 Å². The predicted octanol–water partition coefficient (Wildman–Crippen LogP) is 3.85. The molecule has 1 heterocycles. The van der Waals surface area contributed by atoms with Crippen LogP contribution < -0.4 is 18.9 Å². The van der Waals surface area contributed by atoms with Gasteiger partial charge in [-0.05, 0) is 55.8 Å². The highest BCUT2D eigenvalue weighted by Gasteiger charge is 2.25. The Hall–Kier alpha value is -3.48. The molecular weight excluding hydrogens is 374 g/mol. The van der Waals surface area contributed by atoms with Crippen molar-refractivity contribution in [1.82, 2.24) is 0 Å². The maximum Gasteiger partial charge on any atom is 0.363 e. The Morgan fingerprint density at radius 3 is 2.28 bits per heavy atom. The number of hydrogen-bond acceptors (Lipinski definition) is 7. The summed E-state index contributed by atoms with van der Waals surface area (Å²) in [5, 5.41) is 0. The number of cyclic esters (lactones) is 1. The third-order valence-electron chi connectivity index (χ3n) is 4.12. The summed E-state index contributed by atoms with van der Waals surface area (Å²) in [5.41, 5.74) is 1.56. The lowest BCUT2D eigenvalue weighted by atomic mass is 10.1. The smallest absolute Gasteiger partial charge is 0.363 e. The van der Waals surface area contributed by atoms with Gasteiger partial charge in [0.1, 0.15) is 0 Å². The lowest BCUT2D eigenvalue weighted by Gasteiger charge is -2.11. The van der Waals surface area contributed by atoms with Gasteiger partial charge in [0.25, 0.3) is 0 Å². The number of ether oxygens (including phenoxy) is 5. The van der Waals surface area contributed by atoms with Gasteiger partial charge in [0, 0.05) is 5.56 Å². The van der Waals surface area contributed by atoms with Crippen LogP contribution in [0.4, 0.5) is 0 Å². The second-order valence-electron chi connectivity index (χ2n) is 5.98. The van der Waals surface area contributed by atoms with Crippen LogP contribution in [0.5, 0.6) is 23.0 Å². The molecule has 3 rings (SSSR count). The molecule has 1 aliphatic heterocycles. The Morgan fingerprint density at radius 1 is 0.897 bits per heavy atom. The van der Waals surface area contributed by atoms with Gasteiger partial charge in [0.2, 0.25) is 5.90 Å². The second kappa shape index (κ2) is 9.14. The summed E-state index contributed by atoms with van der Waals surface area (Å²) in [6.45, 7) is 4.80. The highest BCUT2D eigenvalue weighted by atomic mass is 16.6. The van der Waals surface area contributed by atoms with Crippen molar-refractivity contribution in [2.24, 2.45) is 4.99 Å². The summed E-state index contributed by atoms with van der Waals surface area (Å²) in [7, 11) is 3.12. The van der Waals surface area contributed by atoms with Crippen molar-refractivity contribution in [1.29, 1.82) is 0 Å². The molecule has 2 aromatic carbocycles. The van der Waals surface area contributed by atoms with E-state index in [1.807, 2.05) is 13.8 Å². The molecule has 1 aliphatic rings. The molecule has 7 nitrogen and oxygen atoms in total. The lowest BCUT2D eigenvalue weighted by molar-refractivity contribution is -0.129. The Balaban J connectivity index is 1.92. The summed E-state index contributed by atoms with van der Waals surface area (Å²) in [6, 6.07) is 10.6. The number of benzene rings is 2. The molecule has 152 valence electrons. The number of aliphatic imine (C=N–C) groups is 1. The Morgan fingerprint density at radius 2 is 1.59 bits per heavy atom. The number of carbonyl (C=O) groups is 1. The number of hydrogen-bond donors (Lipinski definition) is 0. The Bertz CT molecular complexity index is 964. The highest BCUT2D eigenvalue weighted by molar-refractivity contribution is 6.13. The van der Waals surface area contributed by atoms with Crippen LogP contribution in [-0.4, -0.2) is 39.3 Å². The predicted molar refractivity (Wildman–Crippen MR) is 109 cm³/mol. The molecule has 0 radical (unpaired) electrons. The SMILES string of the molecule is CCOc1ccc(C2=N/C(=C/c3ccc(OC)c(OC)c3)C(=O)O2)cc1OCC. The maximum atomic E-state index is 12.3. The molecular formula is C22H23NO6. The van der Waals surface area contributed by atoms with Gasteiger partial charge in [0.15, 0.2) is 28.7 Å². The zero-order valence-corrected chi connectivity index (χ0v) is 16.9. The molecule has 29 heavy (non-hydrogen) atoms. The maximum absolute atomic E-state index is 12.3. The van der Waals surface area contributed by atoms with E-state index < -0.39 is 5.97 Å². The molecule has 0 bridgehead atoms. The minimum absolute atomic E-state index is 0.194. The molecule has 0 aliphatic carbocycles. The first-order valence-corrected chi connectivity index (χ1v) is 9.24. The lowest BCUT2D eigenvalue weighted by Crippen LogP contribution is -2.06. The number of nitrogens with zero attached hydrogens (tertiary/aromatic N) is 1. The van der Waals surface area contributed by atoms with Gasteiger partial charge in [-0.15, -0.1) is 0 Å². The van der Waals surface area contributed by atoms with Crippen LogP contribution in [0.15, 0.2) is 47.1 Å². The van der Waals surface area contributed by atoms with Gasteiger partial charge in [-0.3, -0.25) is 0 Å². The fraction of sp³-hybridized carbons (Fsp3) is 0.273. The number of rotatable bonds is 8. The van der Waals surface area contributed by atoms with Crippen molar-refractivity contribution in [2.75, 3.05) is 27.4 Å². The highest BCUT2D eigenvalue weighted by Crippen LogP contribution is 2.31. The average Bonchev–Trinajstić information content (AvgIpc) is 3.09. The van der Waals surface area contributed by atoms with Crippen molar-refractivity contribution < 1.29 is 28.5 Å². The van der Waals surface area contributed by atoms with Crippen LogP contribution in [0, 0.1) is 0 Å². The van der Waals surface area contributed by atoms with E-state index in [1.54, 1.807) is 56.7 Å². The van der Waals surface area contributed by atoms with Crippen LogP contribution in [0.25, 0.3) is 6.08 Å². The third kappa shape index (κ3) is 4.51. The standard InChI is InChI=1S/C22H23NO6/c1-5-27-18-10-8-15(13-20(18)28-6-2)21-23-16(22(24)29-21)11-14-7-9-17(25-3)19(12-14)26-4/h7-13H,5-6H2,1-4H3/b16-11+. The molecule has 0 N–H and O–H groups in total. The van der Waals surface area contributed by atoms with Crippen molar-refractivity contribution >= 4 is 17.9 Å². The normalized spacial score (nSPS) is 14.4. The largest absolute Gasteiger partial charge is 0.493 e. The molecule has 0 amide bonds. The minimum atomic E-state index is -0.526. The van der Waals surface area contributed by atoms with Crippen molar-refractivity contribution in [2.45, 2.75) is 13.8 Å². The summed E-state index contributed by atoms with van der Waals surface area (Å²) in [4.78, 5) is 16.7. The summed E-state index contributed by atoms with van der Waals surface area (Å²) >= 11 is 0. The van der Waals surface area contributed by atoms with Crippen LogP contribution in [0.3, 0.4) is 0 Å². The van der Waals surface area contributed by atoms with Gasteiger partial charge < -0.3 is 23.7 Å². The van der Waals surface area contributed by atoms with Gasteiger partial charge >= 0.3 is 5.97 Å². The van der Waals surface area contributed by atoms with Crippen molar-refractivity contribution in [3.8, 4) is 23.0 Å². The number of methoxy groups -OCH3 is 2. The second-order valence-corrected chi connectivity index (χ2v) is 5.98. The van der Waals surface area contributed by atoms with Crippen LogP contribution in [-0.2, 0) is 9.53 Å². The molecule has 0 aromatic heterocycles. The first-order valence-electron chi connectivity index (χ1n) is 9.24. The monoisotopic (exact) mass is 397 g/mol. The fourth-order valence-electron chi connectivity index (χ4n) is 2.82. The topological polar surface area (TPSA) is 75.6 Å². The zero-order chi connectivity index (χ0) is 20.8. The first-order chi connectivity index (χ1) is 14.1. The first kappa shape index (κ1) is 20.3. The number of esters is 1. The third-order valence-corrected chi connectivity index (χ3v) is 4.12. The molecule has 0 unspecified atom stereocenters. The van der Waals surface area contributed by atoms with E-state index >= 15 is 0 Å². The molecule has 0 saturated heterocycles. The summed E-state index contributed by atoms with van der Waals surface area (Å²) in [6.07, 6.45) is 1.63. The van der Waals surface area contributed by atoms with Crippen molar-refractivity contribution in [3.63, 3.8) is 0 Å². The summed E-state index contributed by atoms with van der Waals surface area (Å²) in [5.74, 6) is 2.05. The fourth-order valence-corrected chi connectivity index (χ4v) is 2.82. The van der Waals surface area contributed by atoms with Gasteiger partial charge in [0.05, 0.1) is 27.4 Å².